The highest BCUT2D eigenvalue weighted by Crippen LogP contribution is 2.37. The molecular formula is C31H26BrFN2O5S. The van der Waals surface area contributed by atoms with Gasteiger partial charge in [-0.05, 0) is 71.2 Å². The molecule has 0 N–H and O–H groups in total. The van der Waals surface area contributed by atoms with Crippen molar-refractivity contribution in [3.63, 3.8) is 0 Å². The summed E-state index contributed by atoms with van der Waals surface area (Å²) >= 11 is 4.73. The van der Waals surface area contributed by atoms with Crippen molar-refractivity contribution in [1.82, 2.24) is 4.57 Å². The summed E-state index contributed by atoms with van der Waals surface area (Å²) in [5, 5.41) is 0. The van der Waals surface area contributed by atoms with Crippen LogP contribution in [0.25, 0.3) is 11.8 Å². The SMILES string of the molecule is CCOC(=O)C1=C(c2ccccc2)N=c2s/c(=C\c3cc(Br)c(OCC)c(OC)c3)c(=O)n2[C@@H]1c1ccc(F)cc1. The maximum atomic E-state index is 14.0. The third-order valence-corrected chi connectivity index (χ3v) is 7.97. The lowest BCUT2D eigenvalue weighted by Gasteiger charge is -2.25. The number of methoxy groups -OCH3 is 1. The molecule has 3 aromatic carbocycles. The van der Waals surface area contributed by atoms with Crippen molar-refractivity contribution in [1.29, 1.82) is 0 Å². The summed E-state index contributed by atoms with van der Waals surface area (Å²) in [5.74, 6) is 0.0527. The number of carbonyl (C=O) groups excluding carboxylic acids is 1. The number of benzene rings is 3. The van der Waals surface area contributed by atoms with Crippen LogP contribution in [-0.2, 0) is 9.53 Å². The summed E-state index contributed by atoms with van der Waals surface area (Å²) in [6, 6.07) is 17.7. The van der Waals surface area contributed by atoms with Gasteiger partial charge >= 0.3 is 5.97 Å². The fraction of sp³-hybridized carbons (Fsp3) is 0.194. The second-order valence-electron chi connectivity index (χ2n) is 8.95. The Balaban J connectivity index is 1.79. The number of ether oxygens (including phenoxy) is 3. The number of aromatic nitrogens is 1. The van der Waals surface area contributed by atoms with Crippen LogP contribution in [0.1, 0.15) is 36.6 Å². The number of rotatable bonds is 8. The van der Waals surface area contributed by atoms with Crippen molar-refractivity contribution in [2.24, 2.45) is 4.99 Å². The summed E-state index contributed by atoms with van der Waals surface area (Å²) in [7, 11) is 1.55. The Morgan fingerprint density at radius 3 is 2.49 bits per heavy atom. The molecule has 10 heteroatoms. The van der Waals surface area contributed by atoms with E-state index in [1.165, 1.54) is 28.0 Å². The molecule has 41 heavy (non-hydrogen) atoms. The van der Waals surface area contributed by atoms with Gasteiger partial charge in [0.25, 0.3) is 5.56 Å². The van der Waals surface area contributed by atoms with Gasteiger partial charge in [-0.15, -0.1) is 0 Å². The van der Waals surface area contributed by atoms with Crippen LogP contribution in [-0.4, -0.2) is 30.9 Å². The molecular weight excluding hydrogens is 611 g/mol. The first-order chi connectivity index (χ1) is 19.9. The third-order valence-electron chi connectivity index (χ3n) is 6.40. The Kier molecular flexibility index (Phi) is 8.51. The average molecular weight is 638 g/mol. The van der Waals surface area contributed by atoms with Crippen LogP contribution in [0.15, 0.2) is 86.6 Å². The molecule has 1 aromatic heterocycles. The molecule has 0 saturated heterocycles. The first-order valence-corrected chi connectivity index (χ1v) is 14.5. The molecule has 0 radical (unpaired) electrons. The van der Waals surface area contributed by atoms with Gasteiger partial charge in [-0.3, -0.25) is 9.36 Å². The highest BCUT2D eigenvalue weighted by atomic mass is 79.9. The number of thiazole rings is 1. The van der Waals surface area contributed by atoms with Gasteiger partial charge in [-0.1, -0.05) is 53.8 Å². The first kappa shape index (κ1) is 28.5. The second kappa shape index (κ2) is 12.2. The fourth-order valence-corrected chi connectivity index (χ4v) is 6.23. The van der Waals surface area contributed by atoms with E-state index in [1.807, 2.05) is 43.3 Å². The van der Waals surface area contributed by atoms with Crippen molar-refractivity contribution in [2.45, 2.75) is 19.9 Å². The molecule has 0 unspecified atom stereocenters. The highest BCUT2D eigenvalue weighted by molar-refractivity contribution is 9.10. The van der Waals surface area contributed by atoms with Crippen LogP contribution in [0.4, 0.5) is 4.39 Å². The second-order valence-corrected chi connectivity index (χ2v) is 10.8. The Morgan fingerprint density at radius 2 is 1.83 bits per heavy atom. The summed E-state index contributed by atoms with van der Waals surface area (Å²) in [6.45, 7) is 4.20. The minimum absolute atomic E-state index is 0.138. The summed E-state index contributed by atoms with van der Waals surface area (Å²) in [6.07, 6.45) is 1.74. The molecule has 0 bridgehead atoms. The van der Waals surface area contributed by atoms with E-state index >= 15 is 0 Å². The van der Waals surface area contributed by atoms with Crippen LogP contribution in [0, 0.1) is 5.82 Å². The summed E-state index contributed by atoms with van der Waals surface area (Å²) in [4.78, 5) is 32.7. The van der Waals surface area contributed by atoms with E-state index in [4.69, 9.17) is 19.2 Å². The number of halogens is 2. The Hall–Kier alpha value is -4.02. The minimum Gasteiger partial charge on any atom is -0.493 e. The zero-order valence-corrected chi connectivity index (χ0v) is 24.9. The number of esters is 1. The number of hydrogen-bond donors (Lipinski definition) is 0. The molecule has 0 fully saturated rings. The summed E-state index contributed by atoms with van der Waals surface area (Å²) < 4.78 is 33.2. The van der Waals surface area contributed by atoms with Gasteiger partial charge < -0.3 is 14.2 Å². The topological polar surface area (TPSA) is 79.1 Å². The standard InChI is InChI=1S/C31H26BrFN2O5S/c1-4-39-28-22(32)15-18(16-23(28)38-3)17-24-29(36)35-27(20-11-13-21(33)14-12-20)25(30(37)40-5-2)26(34-31(35)41-24)19-9-7-6-8-10-19/h6-17,27H,4-5H2,1-3H3/b24-17-/t27-/m1/s1. The predicted octanol–water partition coefficient (Wildman–Crippen LogP) is 5.24. The van der Waals surface area contributed by atoms with Crippen LogP contribution in [0.3, 0.4) is 0 Å². The van der Waals surface area contributed by atoms with Crippen molar-refractivity contribution in [2.75, 3.05) is 20.3 Å². The van der Waals surface area contributed by atoms with Gasteiger partial charge in [0.05, 0.1) is 46.6 Å². The molecule has 0 amide bonds. The van der Waals surface area contributed by atoms with E-state index in [0.717, 1.165) is 0 Å². The molecule has 1 atom stereocenters. The van der Waals surface area contributed by atoms with E-state index in [2.05, 4.69) is 15.9 Å². The molecule has 0 aliphatic carbocycles. The number of hydrogen-bond acceptors (Lipinski definition) is 7. The van der Waals surface area contributed by atoms with Crippen LogP contribution < -0.4 is 24.4 Å². The lowest BCUT2D eigenvalue weighted by Crippen LogP contribution is -2.40. The van der Waals surface area contributed by atoms with E-state index in [-0.39, 0.29) is 17.7 Å². The lowest BCUT2D eigenvalue weighted by molar-refractivity contribution is -0.138. The van der Waals surface area contributed by atoms with Gasteiger partial charge in [0.2, 0.25) is 0 Å². The number of fused-ring (bicyclic) bond motifs is 1. The normalized spacial score (nSPS) is 14.9. The zero-order valence-electron chi connectivity index (χ0n) is 22.5. The van der Waals surface area contributed by atoms with Crippen molar-refractivity contribution >= 4 is 45.0 Å². The number of carbonyl (C=O) groups is 1. The molecule has 4 aromatic rings. The highest BCUT2D eigenvalue weighted by Gasteiger charge is 2.35. The average Bonchev–Trinajstić information content (AvgIpc) is 3.28. The quantitative estimate of drug-likeness (QED) is 0.247. The molecule has 0 saturated carbocycles. The molecule has 2 heterocycles. The molecule has 5 rings (SSSR count). The Bertz CT molecular complexity index is 1810. The van der Waals surface area contributed by atoms with Gasteiger partial charge in [-0.25, -0.2) is 14.2 Å². The monoisotopic (exact) mass is 636 g/mol. The smallest absolute Gasteiger partial charge is 0.338 e. The van der Waals surface area contributed by atoms with Crippen LogP contribution in [0.2, 0.25) is 0 Å². The van der Waals surface area contributed by atoms with Gasteiger partial charge in [0, 0.05) is 5.56 Å². The predicted molar refractivity (Wildman–Crippen MR) is 159 cm³/mol. The van der Waals surface area contributed by atoms with Gasteiger partial charge in [0.15, 0.2) is 16.3 Å². The van der Waals surface area contributed by atoms with Crippen LogP contribution >= 0.6 is 27.3 Å². The minimum atomic E-state index is -0.884. The number of nitrogens with zero attached hydrogens (tertiary/aromatic N) is 2. The third kappa shape index (κ3) is 5.62. The van der Waals surface area contributed by atoms with Crippen LogP contribution in [0.5, 0.6) is 11.5 Å². The molecule has 7 nitrogen and oxygen atoms in total. The van der Waals surface area contributed by atoms with E-state index in [0.29, 0.717) is 54.3 Å². The molecule has 210 valence electrons. The van der Waals surface area contributed by atoms with Crippen molar-refractivity contribution < 1.29 is 23.4 Å². The largest absolute Gasteiger partial charge is 0.493 e. The zero-order chi connectivity index (χ0) is 29.1. The van der Waals surface area contributed by atoms with Gasteiger partial charge in [0.1, 0.15) is 5.82 Å². The van der Waals surface area contributed by atoms with E-state index in [1.54, 1.807) is 38.3 Å². The van der Waals surface area contributed by atoms with Crippen molar-refractivity contribution in [3.05, 3.63) is 119 Å². The first-order valence-electron chi connectivity index (χ1n) is 12.9. The maximum Gasteiger partial charge on any atom is 0.338 e. The van der Waals surface area contributed by atoms with E-state index in [9.17, 15) is 14.0 Å². The van der Waals surface area contributed by atoms with E-state index < -0.39 is 17.8 Å². The molecule has 1 aliphatic heterocycles. The Morgan fingerprint density at radius 1 is 1.10 bits per heavy atom. The Labute approximate surface area is 248 Å². The maximum absolute atomic E-state index is 14.0. The summed E-state index contributed by atoms with van der Waals surface area (Å²) in [5.41, 5.74) is 2.21. The van der Waals surface area contributed by atoms with Crippen molar-refractivity contribution in [3.8, 4) is 11.5 Å². The molecule has 1 aliphatic rings. The lowest BCUT2D eigenvalue weighted by atomic mass is 9.93. The molecule has 0 spiro atoms. The van der Waals surface area contributed by atoms with Gasteiger partial charge in [-0.2, -0.15) is 0 Å². The fourth-order valence-electron chi connectivity index (χ4n) is 4.66.